The molecule has 5 rings (SSSR count). The van der Waals surface area contributed by atoms with Crippen molar-refractivity contribution in [2.45, 2.75) is 148 Å². The smallest absolute Gasteiger partial charge is 0.307 e. The number of carbonyl (C=O) groups excluding carboxylic acids is 3. The van der Waals surface area contributed by atoms with Gasteiger partial charge in [-0.2, -0.15) is 0 Å². The third kappa shape index (κ3) is 14.8. The van der Waals surface area contributed by atoms with Crippen molar-refractivity contribution in [2.75, 3.05) is 39.5 Å². The van der Waals surface area contributed by atoms with E-state index in [1.807, 2.05) is 0 Å². The van der Waals surface area contributed by atoms with Gasteiger partial charge in [-0.15, -0.1) is 0 Å². The van der Waals surface area contributed by atoms with E-state index in [2.05, 4.69) is 36.1 Å². The number of likely N-dealkylation sites (tertiary alicyclic amines) is 1. The molecule has 1 atom stereocenters. The van der Waals surface area contributed by atoms with Gasteiger partial charge in [-0.3, -0.25) is 14.4 Å². The highest BCUT2D eigenvalue weighted by Crippen LogP contribution is 2.61. The van der Waals surface area contributed by atoms with Gasteiger partial charge in [0.05, 0.1) is 18.8 Å². The van der Waals surface area contributed by atoms with Crippen LogP contribution in [0.25, 0.3) is 0 Å². The minimum atomic E-state index is -0.352. The summed E-state index contributed by atoms with van der Waals surface area (Å²) >= 11 is 0. The summed E-state index contributed by atoms with van der Waals surface area (Å²) in [6.45, 7) is 5.35. The minimum absolute atomic E-state index is 0.0977. The first kappa shape index (κ1) is 38.6. The van der Waals surface area contributed by atoms with Crippen LogP contribution in [0.4, 0.5) is 0 Å². The first-order chi connectivity index (χ1) is 23.4. The Hall–Kier alpha value is -2.15. The number of carbonyl (C=O) groups is 3. The molecule has 4 bridgehead atoms. The molecule has 0 aromatic heterocycles. The molecule has 1 unspecified atom stereocenters. The average Bonchev–Trinajstić information content (AvgIpc) is 3.58. The molecule has 5 aliphatic rings. The molecule has 0 radical (unpaired) electrons. The van der Waals surface area contributed by atoms with Crippen LogP contribution in [0.5, 0.6) is 0 Å². The van der Waals surface area contributed by atoms with Crippen molar-refractivity contribution in [1.82, 2.24) is 4.90 Å². The second-order valence-electron chi connectivity index (χ2n) is 15.8. The van der Waals surface area contributed by atoms with Crippen molar-refractivity contribution in [3.8, 4) is 0 Å². The number of nitrogens with zero attached hydrogens (tertiary/aromatic N) is 1. The molecule has 7 nitrogen and oxygen atoms in total. The van der Waals surface area contributed by atoms with Gasteiger partial charge >= 0.3 is 17.9 Å². The highest BCUT2D eigenvalue weighted by atomic mass is 16.6. The lowest BCUT2D eigenvalue weighted by Gasteiger charge is -2.56. The zero-order valence-corrected chi connectivity index (χ0v) is 30.3. The minimum Gasteiger partial charge on any atom is -0.465 e. The summed E-state index contributed by atoms with van der Waals surface area (Å²) in [5.41, 5.74) is 0.122. The molecule has 0 spiro atoms. The van der Waals surface area contributed by atoms with Crippen LogP contribution in [0, 0.1) is 29.1 Å². The maximum absolute atomic E-state index is 13.1. The Morgan fingerprint density at radius 3 is 1.79 bits per heavy atom. The summed E-state index contributed by atoms with van der Waals surface area (Å²) in [4.78, 5) is 40.4. The van der Waals surface area contributed by atoms with Crippen molar-refractivity contribution >= 4 is 17.9 Å². The largest absolute Gasteiger partial charge is 0.465 e. The Morgan fingerprint density at radius 1 is 0.667 bits per heavy atom. The van der Waals surface area contributed by atoms with Gasteiger partial charge in [0.25, 0.3) is 0 Å². The average molecular weight is 670 g/mol. The molecule has 7 heteroatoms. The number of hydrogen-bond acceptors (Lipinski definition) is 7. The molecule has 0 aromatic rings. The Morgan fingerprint density at radius 2 is 1.19 bits per heavy atom. The molecule has 5 fully saturated rings. The first-order valence-electron chi connectivity index (χ1n) is 19.9. The van der Waals surface area contributed by atoms with E-state index in [1.54, 1.807) is 0 Å². The van der Waals surface area contributed by atoms with Crippen LogP contribution < -0.4 is 0 Å². The van der Waals surface area contributed by atoms with Crippen LogP contribution in [-0.4, -0.2) is 62.3 Å². The Balaban J connectivity index is 1.09. The normalized spacial score (nSPS) is 25.6. The summed E-state index contributed by atoms with van der Waals surface area (Å²) in [6.07, 6.45) is 32.8. The monoisotopic (exact) mass is 669 g/mol. The van der Waals surface area contributed by atoms with E-state index >= 15 is 0 Å². The summed E-state index contributed by atoms with van der Waals surface area (Å²) in [6, 6.07) is 0. The van der Waals surface area contributed by atoms with E-state index in [0.717, 1.165) is 62.9 Å². The lowest BCUT2D eigenvalue weighted by Crippen LogP contribution is -2.47. The Labute approximate surface area is 292 Å². The van der Waals surface area contributed by atoms with Gasteiger partial charge in [0.2, 0.25) is 0 Å². The topological polar surface area (TPSA) is 82.1 Å². The van der Waals surface area contributed by atoms with E-state index in [1.165, 1.54) is 89.9 Å². The molecule has 1 heterocycles. The van der Waals surface area contributed by atoms with Crippen molar-refractivity contribution < 1.29 is 28.6 Å². The SMILES string of the molecule is CCCCC/C=C\C/C=C\CCCCCCCC(=O)OCC(COC(=O)CCN1CCCC1)COC(=O)CC12CC3CC(CC(C3)C1)C2. The van der Waals surface area contributed by atoms with Gasteiger partial charge in [0.1, 0.15) is 19.8 Å². The van der Waals surface area contributed by atoms with Gasteiger partial charge in [-0.25, -0.2) is 0 Å². The molecule has 0 N–H and O–H groups in total. The predicted molar refractivity (Wildman–Crippen MR) is 191 cm³/mol. The lowest BCUT2D eigenvalue weighted by atomic mass is 9.49. The van der Waals surface area contributed by atoms with Crippen LogP contribution in [0.1, 0.15) is 148 Å². The zero-order valence-electron chi connectivity index (χ0n) is 30.3. The number of ether oxygens (including phenoxy) is 3. The van der Waals surface area contributed by atoms with Crippen molar-refractivity contribution in [3.63, 3.8) is 0 Å². The van der Waals surface area contributed by atoms with Crippen molar-refractivity contribution in [3.05, 3.63) is 24.3 Å². The van der Waals surface area contributed by atoms with Crippen molar-refractivity contribution in [1.29, 1.82) is 0 Å². The van der Waals surface area contributed by atoms with Gasteiger partial charge in [0, 0.05) is 13.0 Å². The fraction of sp³-hybridized carbons (Fsp3) is 0.829. The number of allylic oxidation sites excluding steroid dienone is 4. The maximum atomic E-state index is 13.1. The predicted octanol–water partition coefficient (Wildman–Crippen LogP) is 9.14. The lowest BCUT2D eigenvalue weighted by molar-refractivity contribution is -0.157. The van der Waals surface area contributed by atoms with Crippen LogP contribution in [0.3, 0.4) is 0 Å². The molecule has 1 aliphatic heterocycles. The fourth-order valence-electron chi connectivity index (χ4n) is 9.12. The fourth-order valence-corrected chi connectivity index (χ4v) is 9.12. The van der Waals surface area contributed by atoms with Crippen LogP contribution in [0.2, 0.25) is 0 Å². The number of rotatable bonds is 25. The Kier molecular flexibility index (Phi) is 17.6. The second kappa shape index (κ2) is 21.8. The van der Waals surface area contributed by atoms with Gasteiger partial charge < -0.3 is 19.1 Å². The van der Waals surface area contributed by atoms with Crippen LogP contribution in [-0.2, 0) is 28.6 Å². The molecule has 4 aliphatic carbocycles. The third-order valence-electron chi connectivity index (χ3n) is 11.3. The van der Waals surface area contributed by atoms with E-state index in [9.17, 15) is 14.4 Å². The van der Waals surface area contributed by atoms with Crippen molar-refractivity contribution in [2.24, 2.45) is 29.1 Å². The molecule has 4 saturated carbocycles. The standard InChI is InChI=1S/C41H67NO6/c1-2-3-4-5-6-7-8-9-10-11-12-13-14-15-16-19-38(43)46-31-37(32-47-39(44)20-23-42-21-17-18-22-42)33-48-40(45)30-41-27-34-24-35(28-41)26-36(25-34)29-41/h6-7,9-10,34-37H,2-5,8,11-33H2,1H3/b7-6-,10-9-. The summed E-state index contributed by atoms with van der Waals surface area (Å²) in [5.74, 6) is 1.38. The van der Waals surface area contributed by atoms with E-state index in [4.69, 9.17) is 14.2 Å². The molecular formula is C41H67NO6. The van der Waals surface area contributed by atoms with E-state index < -0.39 is 0 Å². The van der Waals surface area contributed by atoms with Gasteiger partial charge in [-0.1, -0.05) is 63.3 Å². The first-order valence-corrected chi connectivity index (χ1v) is 19.9. The molecule has 272 valence electrons. The summed E-state index contributed by atoms with van der Waals surface area (Å²) < 4.78 is 17.0. The number of esters is 3. The van der Waals surface area contributed by atoms with Gasteiger partial charge in [0.15, 0.2) is 0 Å². The van der Waals surface area contributed by atoms with Crippen LogP contribution in [0.15, 0.2) is 24.3 Å². The summed E-state index contributed by atoms with van der Waals surface area (Å²) in [7, 11) is 0. The van der Waals surface area contributed by atoms with Crippen LogP contribution >= 0.6 is 0 Å². The maximum Gasteiger partial charge on any atom is 0.307 e. The van der Waals surface area contributed by atoms with Gasteiger partial charge in [-0.05, 0) is 126 Å². The second-order valence-corrected chi connectivity index (χ2v) is 15.8. The highest BCUT2D eigenvalue weighted by molar-refractivity contribution is 5.71. The Bertz CT molecular complexity index is 979. The quantitative estimate of drug-likeness (QED) is 0.0415. The zero-order chi connectivity index (χ0) is 33.9. The number of unbranched alkanes of at least 4 members (excludes halogenated alkanes) is 8. The molecule has 48 heavy (non-hydrogen) atoms. The molecule has 1 saturated heterocycles. The third-order valence-corrected chi connectivity index (χ3v) is 11.3. The summed E-state index contributed by atoms with van der Waals surface area (Å²) in [5, 5.41) is 0. The highest BCUT2D eigenvalue weighted by Gasteiger charge is 2.51. The van der Waals surface area contributed by atoms with E-state index in [0.29, 0.717) is 25.8 Å². The molecular weight excluding hydrogens is 602 g/mol. The van der Waals surface area contributed by atoms with E-state index in [-0.39, 0.29) is 49.1 Å². The number of hydrogen-bond donors (Lipinski definition) is 0. The molecule has 0 amide bonds. The molecule has 0 aromatic carbocycles.